The lowest BCUT2D eigenvalue weighted by Gasteiger charge is -2.37. The van der Waals surface area contributed by atoms with Gasteiger partial charge in [-0.15, -0.1) is 0 Å². The maximum atomic E-state index is 13.5. The summed E-state index contributed by atoms with van der Waals surface area (Å²) >= 11 is 0. The van der Waals surface area contributed by atoms with Crippen molar-refractivity contribution in [1.82, 2.24) is 9.80 Å². The zero-order valence-corrected chi connectivity index (χ0v) is 19.4. The molecule has 1 atom stereocenters. The number of amides is 1. The van der Waals surface area contributed by atoms with Gasteiger partial charge in [-0.25, -0.2) is 0 Å². The van der Waals surface area contributed by atoms with Gasteiger partial charge in [-0.2, -0.15) is 0 Å². The van der Waals surface area contributed by atoms with Crippen LogP contribution in [0.5, 0.6) is 5.75 Å². The summed E-state index contributed by atoms with van der Waals surface area (Å²) in [6.45, 7) is 6.78. The van der Waals surface area contributed by atoms with Crippen molar-refractivity contribution < 1.29 is 9.53 Å². The third kappa shape index (κ3) is 5.63. The van der Waals surface area contributed by atoms with Crippen LogP contribution in [0.2, 0.25) is 0 Å². The number of hydrogen-bond donors (Lipinski definition) is 0. The maximum absolute atomic E-state index is 13.5. The fraction of sp³-hybridized carbons (Fsp3) is 0.519. The molecule has 0 saturated carbocycles. The highest BCUT2D eigenvalue weighted by atomic mass is 16.5. The van der Waals surface area contributed by atoms with Crippen LogP contribution in [-0.2, 0) is 4.79 Å². The van der Waals surface area contributed by atoms with Crippen LogP contribution in [0.25, 0.3) is 0 Å². The largest absolute Gasteiger partial charge is 0.495 e. The molecule has 0 unspecified atom stereocenters. The van der Waals surface area contributed by atoms with Gasteiger partial charge in [0.25, 0.3) is 0 Å². The summed E-state index contributed by atoms with van der Waals surface area (Å²) in [6, 6.07) is 18.7. The van der Waals surface area contributed by atoms with E-state index in [-0.39, 0.29) is 5.92 Å². The molecule has 4 rings (SSSR count). The van der Waals surface area contributed by atoms with E-state index in [9.17, 15) is 4.79 Å². The lowest BCUT2D eigenvalue weighted by atomic mass is 9.93. The molecule has 0 spiro atoms. The molecule has 5 nitrogen and oxygen atoms in total. The Bertz CT molecular complexity index is 841. The van der Waals surface area contributed by atoms with E-state index in [1.54, 1.807) is 7.11 Å². The lowest BCUT2D eigenvalue weighted by molar-refractivity contribution is -0.133. The van der Waals surface area contributed by atoms with E-state index in [4.69, 9.17) is 4.74 Å². The third-order valence-corrected chi connectivity index (χ3v) is 6.95. The van der Waals surface area contributed by atoms with Crippen molar-refractivity contribution >= 4 is 11.6 Å². The van der Waals surface area contributed by atoms with Gasteiger partial charge in [-0.1, -0.05) is 55.3 Å². The number of ether oxygens (including phenoxy) is 1. The second-order valence-electron chi connectivity index (χ2n) is 8.99. The summed E-state index contributed by atoms with van der Waals surface area (Å²) in [7, 11) is 1.74. The number of hydrogen-bond acceptors (Lipinski definition) is 4. The van der Waals surface area contributed by atoms with Gasteiger partial charge in [0.05, 0.1) is 18.7 Å². The van der Waals surface area contributed by atoms with Crippen molar-refractivity contribution in [2.24, 2.45) is 0 Å². The van der Waals surface area contributed by atoms with Crippen LogP contribution in [-0.4, -0.2) is 68.6 Å². The quantitative estimate of drug-likeness (QED) is 0.646. The first-order valence-electron chi connectivity index (χ1n) is 12.2. The highest BCUT2D eigenvalue weighted by Gasteiger charge is 2.28. The number of methoxy groups -OCH3 is 1. The number of benzene rings is 2. The highest BCUT2D eigenvalue weighted by Crippen LogP contribution is 2.29. The predicted octanol–water partition coefficient (Wildman–Crippen LogP) is 4.39. The molecule has 2 aliphatic heterocycles. The van der Waals surface area contributed by atoms with Crippen molar-refractivity contribution in [3.8, 4) is 5.75 Å². The number of para-hydroxylation sites is 2. The molecule has 5 heteroatoms. The minimum atomic E-state index is -0.0402. The standard InChI is InChI=1S/C27H37N3O2/c1-32-26-14-8-7-13-25(26)29-21-19-28(20-22-29)18-15-24(23-11-5-4-6-12-23)27(31)30-16-9-2-3-10-17-30/h4-8,11-14,24H,2-3,9-10,15-22H2,1H3/t24-/m0/s1. The van der Waals surface area contributed by atoms with Crippen molar-refractivity contribution in [2.75, 3.05) is 57.8 Å². The van der Waals surface area contributed by atoms with Gasteiger partial charge < -0.3 is 14.5 Å². The Morgan fingerprint density at radius 3 is 2.19 bits per heavy atom. The van der Waals surface area contributed by atoms with E-state index in [2.05, 4.69) is 51.1 Å². The Hall–Kier alpha value is -2.53. The first kappa shape index (κ1) is 22.7. The van der Waals surface area contributed by atoms with Crippen molar-refractivity contribution in [3.63, 3.8) is 0 Å². The molecule has 2 heterocycles. The summed E-state index contributed by atoms with van der Waals surface area (Å²) in [5.41, 5.74) is 2.34. The van der Waals surface area contributed by atoms with Crippen LogP contribution in [0.1, 0.15) is 43.6 Å². The second-order valence-corrected chi connectivity index (χ2v) is 8.99. The van der Waals surface area contributed by atoms with Crippen LogP contribution in [0.4, 0.5) is 5.69 Å². The molecule has 2 fully saturated rings. The molecular formula is C27H37N3O2. The maximum Gasteiger partial charge on any atom is 0.230 e. The second kappa shape index (κ2) is 11.4. The van der Waals surface area contributed by atoms with Gasteiger partial charge in [0, 0.05) is 39.3 Å². The van der Waals surface area contributed by atoms with Crippen molar-refractivity contribution in [3.05, 3.63) is 60.2 Å². The van der Waals surface area contributed by atoms with Gasteiger partial charge in [0.2, 0.25) is 5.91 Å². The molecule has 0 aromatic heterocycles. The van der Waals surface area contributed by atoms with Gasteiger partial charge in [-0.05, 0) is 43.5 Å². The Kier molecular flexibility index (Phi) is 8.05. The number of piperazine rings is 1. The van der Waals surface area contributed by atoms with E-state index in [1.165, 1.54) is 18.5 Å². The topological polar surface area (TPSA) is 36.0 Å². The average Bonchev–Trinajstić information content (AvgIpc) is 3.15. The summed E-state index contributed by atoms with van der Waals surface area (Å²) in [4.78, 5) is 20.6. The normalized spacial score (nSPS) is 18.8. The van der Waals surface area contributed by atoms with Gasteiger partial charge in [0.1, 0.15) is 5.75 Å². The summed E-state index contributed by atoms with van der Waals surface area (Å²) < 4.78 is 5.55. The molecule has 2 aromatic carbocycles. The Balaban J connectivity index is 1.37. The number of carbonyl (C=O) groups excluding carboxylic acids is 1. The molecule has 2 aromatic rings. The smallest absolute Gasteiger partial charge is 0.230 e. The number of anilines is 1. The number of nitrogens with zero attached hydrogens (tertiary/aromatic N) is 3. The molecule has 0 aliphatic carbocycles. The van der Waals surface area contributed by atoms with Crippen LogP contribution < -0.4 is 9.64 Å². The minimum absolute atomic E-state index is 0.0402. The van der Waals surface area contributed by atoms with E-state index < -0.39 is 0 Å². The average molecular weight is 436 g/mol. The van der Waals surface area contributed by atoms with Crippen LogP contribution in [0.15, 0.2) is 54.6 Å². The molecule has 32 heavy (non-hydrogen) atoms. The molecule has 0 N–H and O–H groups in total. The molecule has 2 saturated heterocycles. The Morgan fingerprint density at radius 1 is 0.844 bits per heavy atom. The van der Waals surface area contributed by atoms with Gasteiger partial charge >= 0.3 is 0 Å². The number of rotatable bonds is 7. The molecule has 0 bridgehead atoms. The van der Waals surface area contributed by atoms with Crippen LogP contribution >= 0.6 is 0 Å². The lowest BCUT2D eigenvalue weighted by Crippen LogP contribution is -2.47. The summed E-state index contributed by atoms with van der Waals surface area (Å²) in [6.07, 6.45) is 5.65. The summed E-state index contributed by atoms with van der Waals surface area (Å²) in [5.74, 6) is 1.22. The number of carbonyl (C=O) groups is 1. The fourth-order valence-electron chi connectivity index (χ4n) is 5.04. The van der Waals surface area contributed by atoms with Crippen molar-refractivity contribution in [2.45, 2.75) is 38.0 Å². The Labute approximate surface area is 193 Å². The zero-order chi connectivity index (χ0) is 22.2. The first-order chi connectivity index (χ1) is 15.8. The van der Waals surface area contributed by atoms with E-state index in [0.717, 1.165) is 76.4 Å². The van der Waals surface area contributed by atoms with Crippen LogP contribution in [0.3, 0.4) is 0 Å². The van der Waals surface area contributed by atoms with E-state index in [0.29, 0.717) is 5.91 Å². The van der Waals surface area contributed by atoms with Gasteiger partial charge in [-0.3, -0.25) is 9.69 Å². The first-order valence-corrected chi connectivity index (χ1v) is 12.2. The number of likely N-dealkylation sites (tertiary alicyclic amines) is 1. The van der Waals surface area contributed by atoms with Gasteiger partial charge in [0.15, 0.2) is 0 Å². The van der Waals surface area contributed by atoms with Crippen molar-refractivity contribution in [1.29, 1.82) is 0 Å². The SMILES string of the molecule is COc1ccccc1N1CCN(CC[C@H](C(=O)N2CCCCCC2)c2ccccc2)CC1. The zero-order valence-electron chi connectivity index (χ0n) is 19.4. The predicted molar refractivity (Wildman–Crippen MR) is 130 cm³/mol. The fourth-order valence-corrected chi connectivity index (χ4v) is 5.04. The minimum Gasteiger partial charge on any atom is -0.495 e. The van der Waals surface area contributed by atoms with E-state index >= 15 is 0 Å². The van der Waals surface area contributed by atoms with Crippen LogP contribution in [0, 0.1) is 0 Å². The molecular weight excluding hydrogens is 398 g/mol. The monoisotopic (exact) mass is 435 g/mol. The molecule has 1 amide bonds. The third-order valence-electron chi connectivity index (χ3n) is 6.95. The molecule has 0 radical (unpaired) electrons. The summed E-state index contributed by atoms with van der Waals surface area (Å²) in [5, 5.41) is 0. The Morgan fingerprint density at radius 2 is 1.50 bits per heavy atom. The molecule has 2 aliphatic rings. The highest BCUT2D eigenvalue weighted by molar-refractivity contribution is 5.83. The van der Waals surface area contributed by atoms with E-state index in [1.807, 2.05) is 18.2 Å². The molecule has 172 valence electrons.